The molecule has 0 heterocycles. The number of nitrogens with one attached hydrogen (secondary N) is 1. The number of hydrogen-bond acceptors (Lipinski definition) is 1. The maximum absolute atomic E-state index is 3.91. The van der Waals surface area contributed by atoms with Crippen molar-refractivity contribution in [1.82, 2.24) is 5.32 Å². The van der Waals surface area contributed by atoms with E-state index in [1.165, 1.54) is 19.3 Å². The highest BCUT2D eigenvalue weighted by atomic mass is 14.9. The molecule has 4 rings (SSSR count). The summed E-state index contributed by atoms with van der Waals surface area (Å²) in [5, 5.41) is 3.91. The van der Waals surface area contributed by atoms with Gasteiger partial charge in [-0.15, -0.1) is 0 Å². The van der Waals surface area contributed by atoms with Crippen molar-refractivity contribution < 1.29 is 0 Å². The predicted octanol–water partition coefficient (Wildman–Crippen LogP) is 5.01. The molecule has 0 aliphatic heterocycles. The van der Waals surface area contributed by atoms with Crippen LogP contribution in [-0.4, -0.2) is 12.6 Å². The highest BCUT2D eigenvalue weighted by Gasteiger charge is 2.53. The zero-order chi connectivity index (χ0) is 14.2. The van der Waals surface area contributed by atoms with Crippen molar-refractivity contribution in [2.45, 2.75) is 84.6 Å². The Labute approximate surface area is 126 Å². The van der Waals surface area contributed by atoms with Crippen LogP contribution in [0.5, 0.6) is 0 Å². The summed E-state index contributed by atoms with van der Waals surface area (Å²) in [5.41, 5.74) is 0.696. The molecule has 0 amide bonds. The standard InChI is InChI=1S/C19H35N/c1-4-20-18(7-5-6-14(2)3)19-11-15-8-16(12-19)10-17(9-15)13-19/h14-18,20H,4-13H2,1-3H3. The van der Waals surface area contributed by atoms with Crippen molar-refractivity contribution in [2.75, 3.05) is 6.54 Å². The largest absolute Gasteiger partial charge is 0.314 e. The highest BCUT2D eigenvalue weighted by Crippen LogP contribution is 2.61. The minimum absolute atomic E-state index is 0.696. The second-order valence-electron chi connectivity index (χ2n) is 8.71. The molecule has 116 valence electrons. The monoisotopic (exact) mass is 277 g/mol. The summed E-state index contributed by atoms with van der Waals surface area (Å²) in [6.45, 7) is 8.20. The van der Waals surface area contributed by atoms with Crippen LogP contribution in [0, 0.1) is 29.1 Å². The summed E-state index contributed by atoms with van der Waals surface area (Å²) in [4.78, 5) is 0. The predicted molar refractivity (Wildman–Crippen MR) is 86.8 cm³/mol. The Kier molecular flexibility index (Phi) is 4.45. The second-order valence-corrected chi connectivity index (χ2v) is 8.71. The zero-order valence-corrected chi connectivity index (χ0v) is 14.0. The average molecular weight is 277 g/mol. The molecule has 1 heteroatoms. The van der Waals surface area contributed by atoms with Crippen LogP contribution in [0.25, 0.3) is 0 Å². The Hall–Kier alpha value is -0.0400. The van der Waals surface area contributed by atoms with Crippen LogP contribution in [0.1, 0.15) is 78.6 Å². The fourth-order valence-electron chi connectivity index (χ4n) is 6.21. The van der Waals surface area contributed by atoms with E-state index >= 15 is 0 Å². The van der Waals surface area contributed by atoms with E-state index in [4.69, 9.17) is 0 Å². The summed E-state index contributed by atoms with van der Waals surface area (Å²) in [5.74, 6) is 4.14. The van der Waals surface area contributed by atoms with Crippen molar-refractivity contribution >= 4 is 0 Å². The van der Waals surface area contributed by atoms with Gasteiger partial charge in [0.05, 0.1) is 0 Å². The van der Waals surface area contributed by atoms with Gasteiger partial charge in [-0.05, 0) is 80.6 Å². The minimum Gasteiger partial charge on any atom is -0.314 e. The second kappa shape index (κ2) is 5.99. The summed E-state index contributed by atoms with van der Waals surface area (Å²) in [6.07, 6.45) is 13.6. The molecule has 0 aromatic heterocycles. The van der Waals surface area contributed by atoms with Crippen LogP contribution in [0.4, 0.5) is 0 Å². The lowest BCUT2D eigenvalue weighted by Gasteiger charge is -2.59. The van der Waals surface area contributed by atoms with Gasteiger partial charge in [0.2, 0.25) is 0 Å². The Morgan fingerprint density at radius 1 is 0.950 bits per heavy atom. The van der Waals surface area contributed by atoms with Crippen LogP contribution >= 0.6 is 0 Å². The fraction of sp³-hybridized carbons (Fsp3) is 1.00. The van der Waals surface area contributed by atoms with Gasteiger partial charge >= 0.3 is 0 Å². The maximum Gasteiger partial charge on any atom is 0.0124 e. The smallest absolute Gasteiger partial charge is 0.0124 e. The van der Waals surface area contributed by atoms with Gasteiger partial charge in [-0.2, -0.15) is 0 Å². The molecule has 1 nitrogen and oxygen atoms in total. The molecule has 1 N–H and O–H groups in total. The van der Waals surface area contributed by atoms with Crippen LogP contribution in [0.3, 0.4) is 0 Å². The Bertz CT molecular complexity index is 284. The molecule has 4 aliphatic carbocycles. The Morgan fingerprint density at radius 2 is 1.50 bits per heavy atom. The van der Waals surface area contributed by atoms with Crippen molar-refractivity contribution in [3.05, 3.63) is 0 Å². The molecule has 4 aliphatic rings. The first-order chi connectivity index (χ1) is 9.61. The van der Waals surface area contributed by atoms with Crippen LogP contribution in [0.2, 0.25) is 0 Å². The van der Waals surface area contributed by atoms with E-state index in [0.717, 1.165) is 36.3 Å². The van der Waals surface area contributed by atoms with Crippen LogP contribution < -0.4 is 5.32 Å². The van der Waals surface area contributed by atoms with Crippen LogP contribution in [0.15, 0.2) is 0 Å². The van der Waals surface area contributed by atoms with E-state index in [1.54, 1.807) is 38.5 Å². The van der Waals surface area contributed by atoms with Crippen LogP contribution in [-0.2, 0) is 0 Å². The first-order valence-corrected chi connectivity index (χ1v) is 9.34. The van der Waals surface area contributed by atoms with E-state index in [2.05, 4.69) is 26.1 Å². The van der Waals surface area contributed by atoms with Gasteiger partial charge < -0.3 is 5.32 Å². The van der Waals surface area contributed by atoms with Gasteiger partial charge in [0.1, 0.15) is 0 Å². The zero-order valence-electron chi connectivity index (χ0n) is 14.0. The number of rotatable bonds is 7. The molecule has 0 spiro atoms. The summed E-state index contributed by atoms with van der Waals surface area (Å²) >= 11 is 0. The summed E-state index contributed by atoms with van der Waals surface area (Å²) in [7, 11) is 0. The topological polar surface area (TPSA) is 12.0 Å². The molecular formula is C19H35N. The van der Waals surface area contributed by atoms with Crippen molar-refractivity contribution in [2.24, 2.45) is 29.1 Å². The van der Waals surface area contributed by atoms with Gasteiger partial charge in [-0.25, -0.2) is 0 Å². The number of hydrogen-bond donors (Lipinski definition) is 1. The first-order valence-electron chi connectivity index (χ1n) is 9.34. The Morgan fingerprint density at radius 3 is 1.95 bits per heavy atom. The third-order valence-electron chi connectivity index (χ3n) is 6.55. The third-order valence-corrected chi connectivity index (χ3v) is 6.55. The van der Waals surface area contributed by atoms with E-state index < -0.39 is 0 Å². The van der Waals surface area contributed by atoms with Gasteiger partial charge in [0, 0.05) is 6.04 Å². The van der Waals surface area contributed by atoms with Gasteiger partial charge in [-0.1, -0.05) is 33.6 Å². The molecule has 1 unspecified atom stereocenters. The van der Waals surface area contributed by atoms with E-state index in [1.807, 2.05) is 0 Å². The van der Waals surface area contributed by atoms with E-state index in [9.17, 15) is 0 Å². The minimum atomic E-state index is 0.696. The normalized spacial score (nSPS) is 40.5. The van der Waals surface area contributed by atoms with Gasteiger partial charge in [0.15, 0.2) is 0 Å². The maximum atomic E-state index is 3.91. The molecular weight excluding hydrogens is 242 g/mol. The lowest BCUT2D eigenvalue weighted by atomic mass is 9.47. The summed E-state index contributed by atoms with van der Waals surface area (Å²) in [6, 6.07) is 0.819. The molecule has 20 heavy (non-hydrogen) atoms. The molecule has 0 saturated heterocycles. The van der Waals surface area contributed by atoms with Crippen molar-refractivity contribution in [3.8, 4) is 0 Å². The quantitative estimate of drug-likeness (QED) is 0.690. The van der Waals surface area contributed by atoms with Crippen molar-refractivity contribution in [1.29, 1.82) is 0 Å². The van der Waals surface area contributed by atoms with E-state index in [-0.39, 0.29) is 0 Å². The molecule has 4 bridgehead atoms. The third kappa shape index (κ3) is 2.93. The lowest BCUT2D eigenvalue weighted by molar-refractivity contribution is -0.0753. The highest BCUT2D eigenvalue weighted by molar-refractivity contribution is 5.06. The van der Waals surface area contributed by atoms with E-state index in [0.29, 0.717) is 5.41 Å². The molecule has 0 aromatic carbocycles. The fourth-order valence-corrected chi connectivity index (χ4v) is 6.21. The molecule has 0 aromatic rings. The molecule has 4 fully saturated rings. The van der Waals surface area contributed by atoms with Crippen molar-refractivity contribution in [3.63, 3.8) is 0 Å². The van der Waals surface area contributed by atoms with Gasteiger partial charge in [-0.3, -0.25) is 0 Å². The summed E-state index contributed by atoms with van der Waals surface area (Å²) < 4.78 is 0. The van der Waals surface area contributed by atoms with Gasteiger partial charge in [0.25, 0.3) is 0 Å². The Balaban J connectivity index is 1.66. The SMILES string of the molecule is CCNC(CCCC(C)C)C12CC3CC(CC(C3)C1)C2. The molecule has 4 saturated carbocycles. The average Bonchev–Trinajstić information content (AvgIpc) is 2.35. The lowest BCUT2D eigenvalue weighted by Crippen LogP contribution is -2.55. The molecule has 1 atom stereocenters. The first kappa shape index (κ1) is 14.9. The molecule has 0 radical (unpaired) electrons.